The molecule has 0 saturated carbocycles. The second-order valence-electron chi connectivity index (χ2n) is 5.21. The predicted molar refractivity (Wildman–Crippen MR) is 104 cm³/mol. The van der Waals surface area contributed by atoms with Crippen LogP contribution in [0.15, 0.2) is 35.4 Å². The van der Waals surface area contributed by atoms with Crippen molar-refractivity contribution in [3.05, 3.63) is 57.1 Å². The van der Waals surface area contributed by atoms with Gasteiger partial charge in [-0.15, -0.1) is 6.42 Å². The van der Waals surface area contributed by atoms with Crippen LogP contribution in [0.3, 0.4) is 0 Å². The third-order valence-corrected chi connectivity index (χ3v) is 3.89. The van der Waals surface area contributed by atoms with Crippen LogP contribution in [0.25, 0.3) is 0 Å². The van der Waals surface area contributed by atoms with Crippen LogP contribution < -0.4 is 14.9 Å². The summed E-state index contributed by atoms with van der Waals surface area (Å²) in [6.07, 6.45) is 6.61. The number of methoxy groups -OCH3 is 1. The van der Waals surface area contributed by atoms with E-state index in [0.29, 0.717) is 32.7 Å². The number of halogens is 2. The maximum Gasteiger partial charge on any atom is 0.272 e. The van der Waals surface area contributed by atoms with Crippen LogP contribution in [-0.2, 0) is 0 Å². The third-order valence-electron chi connectivity index (χ3n) is 3.30. The number of hydrogen-bond acceptors (Lipinski definition) is 4. The molecule has 0 aliphatic rings. The van der Waals surface area contributed by atoms with Crippen LogP contribution in [0, 0.1) is 19.3 Å². The van der Waals surface area contributed by atoms with Gasteiger partial charge in [0.05, 0.1) is 28.9 Å². The lowest BCUT2D eigenvalue weighted by molar-refractivity contribution is 0.0955. The Kier molecular flexibility index (Phi) is 6.90. The molecule has 0 aliphatic carbocycles. The van der Waals surface area contributed by atoms with Gasteiger partial charge in [-0.25, -0.2) is 5.43 Å². The van der Waals surface area contributed by atoms with Crippen LogP contribution in [0.5, 0.6) is 11.5 Å². The summed E-state index contributed by atoms with van der Waals surface area (Å²) in [7, 11) is 1.48. The van der Waals surface area contributed by atoms with Crippen molar-refractivity contribution in [2.75, 3.05) is 13.7 Å². The molecule has 2 rings (SSSR count). The summed E-state index contributed by atoms with van der Waals surface area (Å²) in [6, 6.07) is 8.42. The van der Waals surface area contributed by atoms with Crippen LogP contribution in [-0.4, -0.2) is 25.8 Å². The smallest absolute Gasteiger partial charge is 0.272 e. The van der Waals surface area contributed by atoms with Gasteiger partial charge in [0.25, 0.3) is 5.91 Å². The molecule has 0 unspecified atom stereocenters. The van der Waals surface area contributed by atoms with Gasteiger partial charge in [-0.05, 0) is 42.3 Å². The van der Waals surface area contributed by atoms with E-state index in [1.54, 1.807) is 30.3 Å². The van der Waals surface area contributed by atoms with E-state index in [-0.39, 0.29) is 6.61 Å². The van der Waals surface area contributed by atoms with Gasteiger partial charge in [0, 0.05) is 0 Å². The van der Waals surface area contributed by atoms with Crippen molar-refractivity contribution in [1.29, 1.82) is 0 Å². The first-order valence-electron chi connectivity index (χ1n) is 7.49. The second-order valence-corrected chi connectivity index (χ2v) is 6.02. The number of terminal acetylenes is 1. The van der Waals surface area contributed by atoms with E-state index in [9.17, 15) is 4.79 Å². The summed E-state index contributed by atoms with van der Waals surface area (Å²) in [5.41, 5.74) is 4.32. The Morgan fingerprint density at radius 3 is 2.73 bits per heavy atom. The fourth-order valence-electron chi connectivity index (χ4n) is 2.10. The molecular weight excluding hydrogens is 375 g/mol. The first-order chi connectivity index (χ1) is 12.5. The normalized spacial score (nSPS) is 10.4. The molecule has 0 saturated heterocycles. The van der Waals surface area contributed by atoms with Gasteiger partial charge in [-0.2, -0.15) is 5.10 Å². The van der Waals surface area contributed by atoms with E-state index < -0.39 is 5.91 Å². The molecule has 1 amide bonds. The average molecular weight is 391 g/mol. The van der Waals surface area contributed by atoms with E-state index >= 15 is 0 Å². The Morgan fingerprint density at radius 1 is 1.31 bits per heavy atom. The van der Waals surface area contributed by atoms with E-state index in [1.807, 2.05) is 6.92 Å². The highest BCUT2D eigenvalue weighted by atomic mass is 35.5. The molecule has 0 spiro atoms. The van der Waals surface area contributed by atoms with Gasteiger partial charge < -0.3 is 9.47 Å². The topological polar surface area (TPSA) is 59.9 Å². The van der Waals surface area contributed by atoms with E-state index in [2.05, 4.69) is 16.4 Å². The largest absolute Gasteiger partial charge is 0.493 e. The number of carbonyl (C=O) groups is 1. The van der Waals surface area contributed by atoms with Gasteiger partial charge in [-0.1, -0.05) is 35.2 Å². The standard InChI is InChI=1S/C19H16Cl2N2O3/c1-4-7-26-18-16(21)9-13(10-17(18)25-3)11-22-23-19(24)14-6-5-12(2)8-15(14)20/h1,5-6,8-11H,7H2,2-3H3,(H,23,24)/b22-11-. The Morgan fingerprint density at radius 2 is 2.08 bits per heavy atom. The summed E-state index contributed by atoms with van der Waals surface area (Å²) >= 11 is 12.2. The highest BCUT2D eigenvalue weighted by molar-refractivity contribution is 6.34. The maximum atomic E-state index is 12.1. The molecule has 0 bridgehead atoms. The quantitative estimate of drug-likeness (QED) is 0.459. The van der Waals surface area contributed by atoms with Crippen molar-refractivity contribution in [2.24, 2.45) is 5.10 Å². The number of ether oxygens (including phenoxy) is 2. The van der Waals surface area contributed by atoms with Crippen molar-refractivity contribution >= 4 is 35.3 Å². The summed E-state index contributed by atoms with van der Waals surface area (Å²) in [6.45, 7) is 1.96. The average Bonchev–Trinajstić information content (AvgIpc) is 2.60. The summed E-state index contributed by atoms with van der Waals surface area (Å²) in [4.78, 5) is 12.1. The van der Waals surface area contributed by atoms with Gasteiger partial charge in [-0.3, -0.25) is 4.79 Å². The molecule has 2 aromatic carbocycles. The minimum absolute atomic E-state index is 0.0664. The zero-order chi connectivity index (χ0) is 19.1. The van der Waals surface area contributed by atoms with Gasteiger partial charge in [0.15, 0.2) is 11.5 Å². The molecule has 26 heavy (non-hydrogen) atoms. The van der Waals surface area contributed by atoms with Gasteiger partial charge in [0.1, 0.15) is 6.61 Å². The van der Waals surface area contributed by atoms with Crippen LogP contribution in [0.4, 0.5) is 0 Å². The van der Waals surface area contributed by atoms with Crippen molar-refractivity contribution < 1.29 is 14.3 Å². The van der Waals surface area contributed by atoms with Gasteiger partial charge >= 0.3 is 0 Å². The van der Waals surface area contributed by atoms with Crippen molar-refractivity contribution in [3.8, 4) is 23.8 Å². The molecule has 5 nitrogen and oxygen atoms in total. The zero-order valence-corrected chi connectivity index (χ0v) is 15.7. The fourth-order valence-corrected chi connectivity index (χ4v) is 2.69. The Hall–Kier alpha value is -2.68. The molecule has 0 heterocycles. The number of amides is 1. The summed E-state index contributed by atoms with van der Waals surface area (Å²) in [5, 5.41) is 4.59. The number of rotatable bonds is 6. The molecule has 2 aromatic rings. The van der Waals surface area contributed by atoms with E-state index in [4.69, 9.17) is 39.1 Å². The van der Waals surface area contributed by atoms with E-state index in [0.717, 1.165) is 5.56 Å². The lowest BCUT2D eigenvalue weighted by Crippen LogP contribution is -2.18. The molecule has 1 N–H and O–H groups in total. The zero-order valence-electron chi connectivity index (χ0n) is 14.2. The van der Waals surface area contributed by atoms with Crippen LogP contribution in [0.2, 0.25) is 10.0 Å². The minimum Gasteiger partial charge on any atom is -0.493 e. The lowest BCUT2D eigenvalue weighted by atomic mass is 10.1. The number of hydrogen-bond donors (Lipinski definition) is 1. The summed E-state index contributed by atoms with van der Waals surface area (Å²) < 4.78 is 10.6. The fraction of sp³-hybridized carbons (Fsp3) is 0.158. The Bertz CT molecular complexity index is 889. The molecule has 0 aliphatic heterocycles. The van der Waals surface area contributed by atoms with Crippen molar-refractivity contribution in [1.82, 2.24) is 5.43 Å². The SMILES string of the molecule is C#CCOc1c(Cl)cc(/C=N\NC(=O)c2ccc(C)cc2Cl)cc1OC. The van der Waals surface area contributed by atoms with Crippen molar-refractivity contribution in [3.63, 3.8) is 0 Å². The molecule has 0 atom stereocenters. The predicted octanol–water partition coefficient (Wildman–Crippen LogP) is 4.09. The third kappa shape index (κ3) is 4.92. The number of benzene rings is 2. The molecular formula is C19H16Cl2N2O3. The summed E-state index contributed by atoms with van der Waals surface area (Å²) in [5.74, 6) is 2.69. The van der Waals surface area contributed by atoms with Crippen LogP contribution in [0.1, 0.15) is 21.5 Å². The van der Waals surface area contributed by atoms with Crippen molar-refractivity contribution in [2.45, 2.75) is 6.92 Å². The number of carbonyl (C=O) groups excluding carboxylic acids is 1. The molecule has 134 valence electrons. The Labute approximate surface area is 161 Å². The van der Waals surface area contributed by atoms with Gasteiger partial charge in [0.2, 0.25) is 0 Å². The highest BCUT2D eigenvalue weighted by Crippen LogP contribution is 2.35. The second kappa shape index (κ2) is 9.14. The number of hydrazone groups is 1. The monoisotopic (exact) mass is 390 g/mol. The van der Waals surface area contributed by atoms with Crippen LogP contribution >= 0.6 is 23.2 Å². The number of aryl methyl sites for hydroxylation is 1. The molecule has 0 radical (unpaired) electrons. The lowest BCUT2D eigenvalue weighted by Gasteiger charge is -2.11. The number of nitrogens with zero attached hydrogens (tertiary/aromatic N) is 1. The minimum atomic E-state index is -0.418. The maximum absolute atomic E-state index is 12.1. The molecule has 0 aromatic heterocycles. The number of nitrogens with one attached hydrogen (secondary N) is 1. The first kappa shape index (κ1) is 19.6. The first-order valence-corrected chi connectivity index (χ1v) is 8.25. The van der Waals surface area contributed by atoms with E-state index in [1.165, 1.54) is 13.3 Å². The molecule has 7 heteroatoms. The Balaban J connectivity index is 2.14. The molecule has 0 fully saturated rings. The highest BCUT2D eigenvalue weighted by Gasteiger charge is 2.12.